The van der Waals surface area contributed by atoms with Gasteiger partial charge in [0.15, 0.2) is 6.10 Å². The highest BCUT2D eigenvalue weighted by atomic mass is 35.5. The van der Waals surface area contributed by atoms with Crippen LogP contribution in [0.5, 0.6) is 0 Å². The number of ether oxygens (including phenoxy) is 1. The van der Waals surface area contributed by atoms with Gasteiger partial charge in [-0.25, -0.2) is 9.18 Å². The summed E-state index contributed by atoms with van der Waals surface area (Å²) in [7, 11) is 0. The third kappa shape index (κ3) is 4.74. The molecule has 25 heavy (non-hydrogen) atoms. The smallest absolute Gasteiger partial charge is 0.338 e. The number of carbonyl (C=O) groups is 2. The second-order valence-corrected chi connectivity index (χ2v) is 5.37. The van der Waals surface area contributed by atoms with Crippen molar-refractivity contribution in [1.29, 1.82) is 0 Å². The third-order valence-corrected chi connectivity index (χ3v) is 3.47. The fourth-order valence-electron chi connectivity index (χ4n) is 1.83. The number of carbonyl (C=O) groups excluding carboxylic acids is 2. The fraction of sp³-hybridized carbons (Fsp3) is 0.125. The summed E-state index contributed by atoms with van der Waals surface area (Å²) in [5, 5.41) is 13.0. The minimum Gasteiger partial charge on any atom is -0.449 e. The molecule has 0 aliphatic rings. The summed E-state index contributed by atoms with van der Waals surface area (Å²) >= 11 is 5.80. The van der Waals surface area contributed by atoms with Crippen molar-refractivity contribution in [2.75, 3.05) is 5.32 Å². The van der Waals surface area contributed by atoms with Gasteiger partial charge in [-0.2, -0.15) is 0 Å². The fourth-order valence-corrected chi connectivity index (χ4v) is 2.04. The molecule has 130 valence electrons. The third-order valence-electron chi connectivity index (χ3n) is 3.16. The van der Waals surface area contributed by atoms with E-state index in [0.29, 0.717) is 0 Å². The molecule has 0 heterocycles. The summed E-state index contributed by atoms with van der Waals surface area (Å²) in [6.45, 7) is 1.34. The van der Waals surface area contributed by atoms with Crippen LogP contribution in [-0.4, -0.2) is 22.9 Å². The number of nitro groups is 1. The molecular weight excluding hydrogens is 355 g/mol. The first-order chi connectivity index (χ1) is 11.8. The summed E-state index contributed by atoms with van der Waals surface area (Å²) in [5.41, 5.74) is 0.0599. The average Bonchev–Trinajstić information content (AvgIpc) is 2.57. The van der Waals surface area contributed by atoms with E-state index in [9.17, 15) is 24.1 Å². The maximum absolute atomic E-state index is 13.0. The number of non-ortho nitro benzene ring substituents is 1. The number of esters is 1. The zero-order chi connectivity index (χ0) is 18.6. The van der Waals surface area contributed by atoms with Gasteiger partial charge in [0, 0.05) is 12.1 Å². The number of anilines is 1. The SMILES string of the molecule is C[C@H](OC(=O)c1ccc([N+](=O)[O-])cc1)C(=O)Nc1ccc(F)cc1Cl. The Labute approximate surface area is 146 Å². The monoisotopic (exact) mass is 366 g/mol. The summed E-state index contributed by atoms with van der Waals surface area (Å²) in [6.07, 6.45) is -1.16. The Kier molecular flexibility index (Phi) is 5.66. The zero-order valence-corrected chi connectivity index (χ0v) is 13.6. The second-order valence-electron chi connectivity index (χ2n) is 4.96. The predicted molar refractivity (Wildman–Crippen MR) is 88.0 cm³/mol. The van der Waals surface area contributed by atoms with Crippen molar-refractivity contribution in [2.45, 2.75) is 13.0 Å². The maximum Gasteiger partial charge on any atom is 0.338 e. The normalized spacial score (nSPS) is 11.5. The van der Waals surface area contributed by atoms with E-state index in [2.05, 4.69) is 5.32 Å². The van der Waals surface area contributed by atoms with Crippen LogP contribution in [0.3, 0.4) is 0 Å². The Balaban J connectivity index is 2.00. The van der Waals surface area contributed by atoms with Crippen molar-refractivity contribution >= 4 is 34.9 Å². The molecule has 0 saturated heterocycles. The number of nitrogens with one attached hydrogen (secondary N) is 1. The van der Waals surface area contributed by atoms with E-state index >= 15 is 0 Å². The number of nitro benzene ring substituents is 1. The number of nitrogens with zero attached hydrogens (tertiary/aromatic N) is 1. The molecule has 0 radical (unpaired) electrons. The Morgan fingerprint density at radius 3 is 2.44 bits per heavy atom. The summed E-state index contributed by atoms with van der Waals surface area (Å²) in [6, 6.07) is 8.18. The van der Waals surface area contributed by atoms with Gasteiger partial charge in [-0.1, -0.05) is 11.6 Å². The van der Waals surface area contributed by atoms with Crippen molar-refractivity contribution in [1.82, 2.24) is 0 Å². The van der Waals surface area contributed by atoms with Gasteiger partial charge in [0.05, 0.1) is 21.2 Å². The van der Waals surface area contributed by atoms with E-state index in [1.165, 1.54) is 25.1 Å². The molecule has 0 aliphatic heterocycles. The van der Waals surface area contributed by atoms with Crippen molar-refractivity contribution < 1.29 is 23.6 Å². The molecule has 9 heteroatoms. The van der Waals surface area contributed by atoms with Gasteiger partial charge in [-0.15, -0.1) is 0 Å². The molecule has 0 fully saturated rings. The first kappa shape index (κ1) is 18.3. The van der Waals surface area contributed by atoms with E-state index < -0.39 is 28.7 Å². The lowest BCUT2D eigenvalue weighted by Gasteiger charge is -2.14. The molecule has 2 rings (SSSR count). The molecular formula is C16H12ClFN2O5. The summed E-state index contributed by atoms with van der Waals surface area (Å²) in [4.78, 5) is 34.0. The van der Waals surface area contributed by atoms with Crippen LogP contribution in [0.2, 0.25) is 5.02 Å². The zero-order valence-electron chi connectivity index (χ0n) is 12.9. The summed E-state index contributed by atoms with van der Waals surface area (Å²) < 4.78 is 18.0. The average molecular weight is 367 g/mol. The van der Waals surface area contributed by atoms with Crippen LogP contribution in [0.1, 0.15) is 17.3 Å². The van der Waals surface area contributed by atoms with Gasteiger partial charge in [0.2, 0.25) is 0 Å². The second kappa shape index (κ2) is 7.71. The lowest BCUT2D eigenvalue weighted by Crippen LogP contribution is -2.30. The lowest BCUT2D eigenvalue weighted by molar-refractivity contribution is -0.384. The first-order valence-corrected chi connectivity index (χ1v) is 7.37. The van der Waals surface area contributed by atoms with E-state index in [1.54, 1.807) is 0 Å². The van der Waals surface area contributed by atoms with Gasteiger partial charge >= 0.3 is 5.97 Å². The number of hydrogen-bond donors (Lipinski definition) is 1. The van der Waals surface area contributed by atoms with Crippen molar-refractivity contribution in [2.24, 2.45) is 0 Å². The molecule has 0 aliphatic carbocycles. The molecule has 0 unspecified atom stereocenters. The van der Waals surface area contributed by atoms with Crippen LogP contribution < -0.4 is 5.32 Å². The number of hydrogen-bond acceptors (Lipinski definition) is 5. The van der Waals surface area contributed by atoms with Gasteiger partial charge in [-0.3, -0.25) is 14.9 Å². The molecule has 0 spiro atoms. The van der Waals surface area contributed by atoms with Crippen molar-refractivity contribution in [3.8, 4) is 0 Å². The predicted octanol–water partition coefficient (Wildman–Crippen LogP) is 3.57. The number of amides is 1. The summed E-state index contributed by atoms with van der Waals surface area (Å²) in [5.74, 6) is -2.04. The Bertz CT molecular complexity index is 826. The number of halogens is 2. The van der Waals surface area contributed by atoms with Crippen molar-refractivity contribution in [3.05, 3.63) is 69.0 Å². The number of benzene rings is 2. The van der Waals surface area contributed by atoms with E-state index in [4.69, 9.17) is 16.3 Å². The van der Waals surface area contributed by atoms with Crippen LogP contribution in [0.25, 0.3) is 0 Å². The molecule has 7 nitrogen and oxygen atoms in total. The molecule has 1 atom stereocenters. The van der Waals surface area contributed by atoms with Crippen LogP contribution in [0, 0.1) is 15.9 Å². The Morgan fingerprint density at radius 2 is 1.88 bits per heavy atom. The minimum atomic E-state index is -1.16. The van der Waals surface area contributed by atoms with Crippen LogP contribution in [0.4, 0.5) is 15.8 Å². The Morgan fingerprint density at radius 1 is 1.24 bits per heavy atom. The lowest BCUT2D eigenvalue weighted by atomic mass is 10.2. The molecule has 2 aromatic carbocycles. The van der Waals surface area contributed by atoms with E-state index in [-0.39, 0.29) is 22.0 Å². The minimum absolute atomic E-state index is 0.00208. The van der Waals surface area contributed by atoms with Gasteiger partial charge in [-0.05, 0) is 37.3 Å². The standard InChI is InChI=1S/C16H12ClFN2O5/c1-9(15(21)19-14-7-4-11(18)8-13(14)17)25-16(22)10-2-5-12(6-3-10)20(23)24/h2-9H,1H3,(H,19,21)/t9-/m0/s1. The van der Waals surface area contributed by atoms with Crippen LogP contribution in [-0.2, 0) is 9.53 Å². The van der Waals surface area contributed by atoms with E-state index in [1.807, 2.05) is 0 Å². The van der Waals surface area contributed by atoms with Gasteiger partial charge in [0.1, 0.15) is 5.82 Å². The number of rotatable bonds is 5. The highest BCUT2D eigenvalue weighted by Crippen LogP contribution is 2.22. The molecule has 0 aromatic heterocycles. The topological polar surface area (TPSA) is 98.5 Å². The van der Waals surface area contributed by atoms with Crippen LogP contribution in [0.15, 0.2) is 42.5 Å². The molecule has 1 amide bonds. The highest BCUT2D eigenvalue weighted by Gasteiger charge is 2.20. The molecule has 0 saturated carbocycles. The van der Waals surface area contributed by atoms with E-state index in [0.717, 1.165) is 24.3 Å². The van der Waals surface area contributed by atoms with Crippen LogP contribution >= 0.6 is 11.6 Å². The quantitative estimate of drug-likeness (QED) is 0.495. The first-order valence-electron chi connectivity index (χ1n) is 6.99. The maximum atomic E-state index is 13.0. The molecule has 2 aromatic rings. The van der Waals surface area contributed by atoms with Gasteiger partial charge < -0.3 is 10.1 Å². The molecule has 0 bridgehead atoms. The molecule has 1 N–H and O–H groups in total. The highest BCUT2D eigenvalue weighted by molar-refractivity contribution is 6.33. The Hall–Kier alpha value is -3.00. The van der Waals surface area contributed by atoms with Crippen molar-refractivity contribution in [3.63, 3.8) is 0 Å². The van der Waals surface area contributed by atoms with Gasteiger partial charge in [0.25, 0.3) is 11.6 Å². The largest absolute Gasteiger partial charge is 0.449 e.